The largest absolute Gasteiger partial charge is 0.455 e. The fraction of sp³-hybridized carbons (Fsp3) is 0.0492. The van der Waals surface area contributed by atoms with Gasteiger partial charge in [0.1, 0.15) is 22.3 Å². The minimum atomic E-state index is -0.252. The molecule has 0 N–H and O–H groups in total. The van der Waals surface area contributed by atoms with Crippen LogP contribution in [-0.4, -0.2) is 5.54 Å². The van der Waals surface area contributed by atoms with E-state index in [1.807, 2.05) is 24.3 Å². The molecular formula is C61H44N2O2. The molecule has 0 saturated carbocycles. The van der Waals surface area contributed by atoms with Gasteiger partial charge in [0.2, 0.25) is 0 Å². The second kappa shape index (κ2) is 15.8. The Morgan fingerprint density at radius 3 is 1.26 bits per heavy atom. The molecule has 1 aliphatic carbocycles. The maximum absolute atomic E-state index is 6.41. The third-order valence-electron chi connectivity index (χ3n) is 13.0. The lowest BCUT2D eigenvalue weighted by Crippen LogP contribution is -2.42. The van der Waals surface area contributed by atoms with Gasteiger partial charge in [-0.2, -0.15) is 0 Å². The molecule has 4 heteroatoms. The first-order valence-electron chi connectivity index (χ1n) is 22.3. The fourth-order valence-corrected chi connectivity index (χ4v) is 9.78. The SMILES string of the molecule is CC1(N(c2ccc(-c3ccc(N(c4ccccc4)c4ccc(-c5cccc6c5oc5ccccc56)cc4)cc3)cc2)c2ccc(-c3cccc4c3oc3ccccc34)cc2)C=CC=CC1. The normalized spacial score (nSPS) is 14.7. The lowest BCUT2D eigenvalue weighted by Gasteiger charge is -2.42. The van der Waals surface area contributed by atoms with Crippen LogP contribution in [0, 0.1) is 0 Å². The molecule has 11 aromatic rings. The van der Waals surface area contributed by atoms with Crippen LogP contribution in [0.3, 0.4) is 0 Å². The van der Waals surface area contributed by atoms with Crippen LogP contribution in [0.15, 0.2) is 245 Å². The van der Waals surface area contributed by atoms with Gasteiger partial charge in [0.05, 0.1) is 5.54 Å². The van der Waals surface area contributed by atoms with Crippen LogP contribution in [0.25, 0.3) is 77.3 Å². The highest BCUT2D eigenvalue weighted by Gasteiger charge is 2.31. The zero-order valence-corrected chi connectivity index (χ0v) is 35.9. The van der Waals surface area contributed by atoms with Crippen molar-refractivity contribution < 1.29 is 8.83 Å². The smallest absolute Gasteiger partial charge is 0.143 e. The molecule has 1 unspecified atom stereocenters. The number of nitrogens with zero attached hydrogens (tertiary/aromatic N) is 2. The first-order chi connectivity index (χ1) is 32.1. The van der Waals surface area contributed by atoms with Crippen LogP contribution in [-0.2, 0) is 0 Å². The summed E-state index contributed by atoms with van der Waals surface area (Å²) in [6.07, 6.45) is 9.77. The van der Waals surface area contributed by atoms with Gasteiger partial charge in [-0.25, -0.2) is 0 Å². The van der Waals surface area contributed by atoms with E-state index in [2.05, 4.69) is 229 Å². The Balaban J connectivity index is 0.839. The van der Waals surface area contributed by atoms with Gasteiger partial charge in [0.25, 0.3) is 0 Å². The van der Waals surface area contributed by atoms with Crippen molar-refractivity contribution in [3.63, 3.8) is 0 Å². The van der Waals surface area contributed by atoms with Crippen molar-refractivity contribution in [2.75, 3.05) is 9.80 Å². The highest BCUT2D eigenvalue weighted by molar-refractivity contribution is 6.10. The first kappa shape index (κ1) is 38.3. The number of furan rings is 2. The van der Waals surface area contributed by atoms with Gasteiger partial charge < -0.3 is 18.6 Å². The van der Waals surface area contributed by atoms with E-state index < -0.39 is 0 Å². The fourth-order valence-electron chi connectivity index (χ4n) is 9.78. The van der Waals surface area contributed by atoms with Crippen LogP contribution in [0.1, 0.15) is 13.3 Å². The molecule has 9 aromatic carbocycles. The number of benzene rings is 9. The van der Waals surface area contributed by atoms with E-state index in [9.17, 15) is 0 Å². The maximum Gasteiger partial charge on any atom is 0.143 e. The van der Waals surface area contributed by atoms with Crippen LogP contribution < -0.4 is 9.80 Å². The van der Waals surface area contributed by atoms with Gasteiger partial charge in [-0.05, 0) is 108 Å². The summed E-state index contributed by atoms with van der Waals surface area (Å²) in [6, 6.07) is 75.6. The van der Waals surface area contributed by atoms with Crippen molar-refractivity contribution >= 4 is 72.3 Å². The number of hydrogen-bond donors (Lipinski definition) is 0. The Kier molecular flexibility index (Phi) is 9.31. The Morgan fingerprint density at radius 1 is 0.369 bits per heavy atom. The molecule has 4 nitrogen and oxygen atoms in total. The van der Waals surface area contributed by atoms with Gasteiger partial charge >= 0.3 is 0 Å². The monoisotopic (exact) mass is 836 g/mol. The van der Waals surface area contributed by atoms with Crippen LogP contribution in [0.4, 0.5) is 28.4 Å². The summed E-state index contributed by atoms with van der Waals surface area (Å²) in [7, 11) is 0. The van der Waals surface area contributed by atoms with E-state index in [1.165, 1.54) is 0 Å². The topological polar surface area (TPSA) is 32.8 Å². The summed E-state index contributed by atoms with van der Waals surface area (Å²) >= 11 is 0. The third-order valence-corrected chi connectivity index (χ3v) is 13.0. The van der Waals surface area contributed by atoms with Crippen molar-refractivity contribution in [2.24, 2.45) is 0 Å². The van der Waals surface area contributed by atoms with Gasteiger partial charge in [-0.15, -0.1) is 0 Å². The summed E-state index contributed by atoms with van der Waals surface area (Å²) < 4.78 is 12.8. The molecule has 2 heterocycles. The molecule has 0 spiro atoms. The average Bonchev–Trinajstić information content (AvgIpc) is 3.95. The lowest BCUT2D eigenvalue weighted by molar-refractivity contribution is 0.570. The van der Waals surface area contributed by atoms with E-state index >= 15 is 0 Å². The number of allylic oxidation sites excluding steroid dienone is 2. The molecule has 2 aromatic heterocycles. The van der Waals surface area contributed by atoms with Crippen LogP contribution in [0.2, 0.25) is 0 Å². The molecule has 12 rings (SSSR count). The van der Waals surface area contributed by atoms with Gasteiger partial charge in [0.15, 0.2) is 0 Å². The first-order valence-corrected chi connectivity index (χ1v) is 22.3. The van der Waals surface area contributed by atoms with Crippen LogP contribution >= 0.6 is 0 Å². The highest BCUT2D eigenvalue weighted by atomic mass is 16.3. The standard InChI is InChI=1S/C61H44N2O2/c1-61(40-10-3-11-41-61)63(50-38-30-45(31-39-50)52-19-13-21-56-54-17-7-9-23-58(54)65-60(52)56)49-36-26-43(27-37-49)42-24-32-47(33-25-42)62(46-14-4-2-5-15-46)48-34-28-44(29-35-48)51-18-12-20-55-53-16-6-8-22-57(53)64-59(51)55/h2-40H,41H2,1H3. The minimum Gasteiger partial charge on any atom is -0.455 e. The molecule has 1 atom stereocenters. The Hall–Kier alpha value is -8.34. The molecule has 310 valence electrons. The minimum absolute atomic E-state index is 0.252. The lowest BCUT2D eigenvalue weighted by atomic mass is 9.89. The third kappa shape index (κ3) is 6.79. The molecular weight excluding hydrogens is 793 g/mol. The van der Waals surface area contributed by atoms with Crippen molar-refractivity contribution in [1.82, 2.24) is 0 Å². The highest BCUT2D eigenvalue weighted by Crippen LogP contribution is 2.43. The molecule has 0 fully saturated rings. The van der Waals surface area contributed by atoms with Crippen LogP contribution in [0.5, 0.6) is 0 Å². The Bertz CT molecular complexity index is 3560. The van der Waals surface area contributed by atoms with E-state index in [0.717, 1.165) is 112 Å². The van der Waals surface area contributed by atoms with Gasteiger partial charge in [0, 0.05) is 61.1 Å². The predicted octanol–water partition coefficient (Wildman–Crippen LogP) is 17.4. The number of hydrogen-bond acceptors (Lipinski definition) is 4. The predicted molar refractivity (Wildman–Crippen MR) is 272 cm³/mol. The van der Waals surface area contributed by atoms with Gasteiger partial charge in [-0.3, -0.25) is 0 Å². The summed E-state index contributed by atoms with van der Waals surface area (Å²) in [5.74, 6) is 0. The molecule has 0 radical (unpaired) electrons. The second-order valence-electron chi connectivity index (χ2n) is 17.1. The summed E-state index contributed by atoms with van der Waals surface area (Å²) in [6.45, 7) is 2.32. The Morgan fingerprint density at radius 2 is 0.785 bits per heavy atom. The zero-order chi connectivity index (χ0) is 43.3. The molecule has 65 heavy (non-hydrogen) atoms. The average molecular weight is 837 g/mol. The number of rotatable bonds is 9. The summed E-state index contributed by atoms with van der Waals surface area (Å²) in [5.41, 5.74) is 15.7. The van der Waals surface area contributed by atoms with Crippen molar-refractivity contribution in [3.8, 4) is 33.4 Å². The maximum atomic E-state index is 6.41. The summed E-state index contributed by atoms with van der Waals surface area (Å²) in [4.78, 5) is 4.77. The van der Waals surface area contributed by atoms with Crippen molar-refractivity contribution in [1.29, 1.82) is 0 Å². The summed E-state index contributed by atoms with van der Waals surface area (Å²) in [5, 5.41) is 4.55. The van der Waals surface area contributed by atoms with E-state index in [1.54, 1.807) is 0 Å². The second-order valence-corrected chi connectivity index (χ2v) is 17.1. The molecule has 1 aliphatic rings. The molecule has 0 bridgehead atoms. The quantitative estimate of drug-likeness (QED) is 0.145. The zero-order valence-electron chi connectivity index (χ0n) is 35.9. The number of fused-ring (bicyclic) bond motifs is 6. The number of para-hydroxylation sites is 5. The van der Waals surface area contributed by atoms with E-state index in [0.29, 0.717) is 0 Å². The van der Waals surface area contributed by atoms with E-state index in [4.69, 9.17) is 8.83 Å². The Labute approximate surface area is 378 Å². The number of anilines is 5. The van der Waals surface area contributed by atoms with E-state index in [-0.39, 0.29) is 5.54 Å². The molecule has 0 amide bonds. The molecule has 0 aliphatic heterocycles. The molecule has 0 saturated heterocycles. The van der Waals surface area contributed by atoms with Crippen molar-refractivity contribution in [2.45, 2.75) is 18.9 Å². The van der Waals surface area contributed by atoms with Crippen molar-refractivity contribution in [3.05, 3.63) is 237 Å². The van der Waals surface area contributed by atoms with Gasteiger partial charge in [-0.1, -0.05) is 164 Å².